The Kier molecular flexibility index (Phi) is 6.48. The molecular weight excluding hydrogens is 298 g/mol. The fraction of sp³-hybridized carbons (Fsp3) is 0.909. The highest BCUT2D eigenvalue weighted by atomic mass is 35.6. The molecule has 4 nitrogen and oxygen atoms in total. The zero-order valence-electron chi connectivity index (χ0n) is 10.6. The van der Waals surface area contributed by atoms with Crippen molar-refractivity contribution in [3.63, 3.8) is 0 Å². The number of nitrogens with one attached hydrogen (secondary N) is 2. The first kappa shape index (κ1) is 16.3. The highest BCUT2D eigenvalue weighted by molar-refractivity contribution is 6.68. The Hall–Kier alpha value is 0.260. The summed E-state index contributed by atoms with van der Waals surface area (Å²) in [6.45, 7) is 6.64. The molecule has 1 aliphatic rings. The molecule has 0 unspecified atom stereocenters. The third-order valence-electron chi connectivity index (χ3n) is 2.77. The van der Waals surface area contributed by atoms with Crippen LogP contribution in [-0.4, -0.2) is 42.2 Å². The van der Waals surface area contributed by atoms with Crippen LogP contribution in [0.25, 0.3) is 0 Å². The summed E-state index contributed by atoms with van der Waals surface area (Å²) in [5.74, 6) is 0.195. The van der Waals surface area contributed by atoms with Gasteiger partial charge in [-0.25, -0.2) is 0 Å². The maximum Gasteiger partial charge on any atom is 0.262 e. The first-order valence-electron chi connectivity index (χ1n) is 6.09. The van der Waals surface area contributed by atoms with Crippen LogP contribution in [0.15, 0.2) is 0 Å². The van der Waals surface area contributed by atoms with Gasteiger partial charge in [0.2, 0.25) is 12.1 Å². The fourth-order valence-corrected chi connectivity index (χ4v) is 2.55. The van der Waals surface area contributed by atoms with Gasteiger partial charge in [0.1, 0.15) is 13.1 Å². The second-order valence-electron chi connectivity index (χ2n) is 4.91. The summed E-state index contributed by atoms with van der Waals surface area (Å²) in [7, 11) is 0. The SMILES string of the molecule is CC(C)CC(=O)N[C@H]([NH+]1CCOCC1)C(Cl)(Cl)Cl. The molecule has 1 atom stereocenters. The van der Waals surface area contributed by atoms with E-state index in [2.05, 4.69) is 5.32 Å². The molecule has 1 aliphatic heterocycles. The molecular formula is C11H20Cl3N2O2+. The maximum atomic E-state index is 11.8. The average molecular weight is 319 g/mol. The van der Waals surface area contributed by atoms with E-state index in [0.29, 0.717) is 19.6 Å². The maximum absolute atomic E-state index is 11.8. The van der Waals surface area contributed by atoms with Gasteiger partial charge in [-0.15, -0.1) is 0 Å². The van der Waals surface area contributed by atoms with Crippen molar-refractivity contribution in [2.45, 2.75) is 30.2 Å². The number of amides is 1. The van der Waals surface area contributed by atoms with E-state index in [9.17, 15) is 4.79 Å². The Morgan fingerprint density at radius 1 is 1.33 bits per heavy atom. The Morgan fingerprint density at radius 2 is 1.89 bits per heavy atom. The van der Waals surface area contributed by atoms with E-state index in [4.69, 9.17) is 39.5 Å². The molecule has 0 aliphatic carbocycles. The minimum absolute atomic E-state index is 0.0830. The summed E-state index contributed by atoms with van der Waals surface area (Å²) in [5.41, 5.74) is 0. The van der Waals surface area contributed by atoms with Crippen molar-refractivity contribution in [1.82, 2.24) is 5.32 Å². The standard InChI is InChI=1S/C11H19Cl3N2O2/c1-8(2)7-9(17)15-10(11(12,13)14)16-3-5-18-6-4-16/h8,10H,3-7H2,1-2H3,(H,15,17)/p+1/t10-/m1/s1. The lowest BCUT2D eigenvalue weighted by Crippen LogP contribution is -3.21. The molecule has 7 heteroatoms. The largest absolute Gasteiger partial charge is 0.370 e. The molecule has 1 heterocycles. The van der Waals surface area contributed by atoms with Gasteiger partial charge in [-0.1, -0.05) is 48.7 Å². The van der Waals surface area contributed by atoms with Crippen LogP contribution in [-0.2, 0) is 9.53 Å². The molecule has 0 aromatic heterocycles. The molecule has 1 amide bonds. The number of halogens is 3. The van der Waals surface area contributed by atoms with Crippen LogP contribution in [0.3, 0.4) is 0 Å². The molecule has 0 bridgehead atoms. The predicted molar refractivity (Wildman–Crippen MR) is 73.2 cm³/mol. The van der Waals surface area contributed by atoms with E-state index in [-0.39, 0.29) is 11.8 Å². The number of alkyl halides is 3. The van der Waals surface area contributed by atoms with Crippen molar-refractivity contribution >= 4 is 40.7 Å². The lowest BCUT2D eigenvalue weighted by Gasteiger charge is -2.35. The van der Waals surface area contributed by atoms with Crippen molar-refractivity contribution in [3.8, 4) is 0 Å². The predicted octanol–water partition coefficient (Wildman–Crippen LogP) is 0.760. The quantitative estimate of drug-likeness (QED) is 0.752. The number of hydrogen-bond acceptors (Lipinski definition) is 2. The zero-order chi connectivity index (χ0) is 13.8. The van der Waals surface area contributed by atoms with Gasteiger partial charge >= 0.3 is 0 Å². The van der Waals surface area contributed by atoms with Crippen molar-refractivity contribution in [3.05, 3.63) is 0 Å². The Labute approximate surface area is 123 Å². The van der Waals surface area contributed by atoms with E-state index >= 15 is 0 Å². The fourth-order valence-electron chi connectivity index (χ4n) is 1.93. The number of carbonyl (C=O) groups is 1. The lowest BCUT2D eigenvalue weighted by atomic mass is 10.1. The molecule has 1 fully saturated rings. The van der Waals surface area contributed by atoms with Gasteiger partial charge in [-0.3, -0.25) is 4.79 Å². The average Bonchev–Trinajstić information content (AvgIpc) is 2.24. The van der Waals surface area contributed by atoms with Crippen molar-refractivity contribution < 1.29 is 14.4 Å². The van der Waals surface area contributed by atoms with Gasteiger partial charge in [0.15, 0.2) is 0 Å². The summed E-state index contributed by atoms with van der Waals surface area (Å²) < 4.78 is 3.75. The first-order chi connectivity index (χ1) is 8.30. The summed E-state index contributed by atoms with van der Waals surface area (Å²) in [6, 6.07) is 0. The van der Waals surface area contributed by atoms with E-state index in [1.165, 1.54) is 0 Å². The molecule has 1 saturated heterocycles. The monoisotopic (exact) mass is 317 g/mol. The van der Waals surface area contributed by atoms with Crippen LogP contribution in [0, 0.1) is 5.92 Å². The normalized spacial score (nSPS) is 19.9. The van der Waals surface area contributed by atoms with E-state index in [0.717, 1.165) is 18.0 Å². The topological polar surface area (TPSA) is 42.8 Å². The van der Waals surface area contributed by atoms with Crippen molar-refractivity contribution in [1.29, 1.82) is 0 Å². The van der Waals surface area contributed by atoms with Crippen molar-refractivity contribution in [2.24, 2.45) is 5.92 Å². The van der Waals surface area contributed by atoms with Crippen LogP contribution < -0.4 is 10.2 Å². The third-order valence-corrected chi connectivity index (χ3v) is 3.42. The summed E-state index contributed by atoms with van der Waals surface area (Å²) >= 11 is 17.9. The highest BCUT2D eigenvalue weighted by Crippen LogP contribution is 2.28. The van der Waals surface area contributed by atoms with E-state index in [1.807, 2.05) is 13.8 Å². The van der Waals surface area contributed by atoms with Crippen LogP contribution in [0.2, 0.25) is 0 Å². The molecule has 18 heavy (non-hydrogen) atoms. The van der Waals surface area contributed by atoms with Crippen LogP contribution in [0.1, 0.15) is 20.3 Å². The van der Waals surface area contributed by atoms with Crippen LogP contribution in [0.5, 0.6) is 0 Å². The number of hydrogen-bond donors (Lipinski definition) is 2. The summed E-state index contributed by atoms with van der Waals surface area (Å²) in [6.07, 6.45) is -0.0984. The molecule has 106 valence electrons. The first-order valence-corrected chi connectivity index (χ1v) is 7.22. The smallest absolute Gasteiger partial charge is 0.262 e. The summed E-state index contributed by atoms with van der Waals surface area (Å²) in [5, 5.41) is 2.83. The lowest BCUT2D eigenvalue weighted by molar-refractivity contribution is -0.934. The van der Waals surface area contributed by atoms with Gasteiger partial charge in [-0.2, -0.15) is 0 Å². The third kappa shape index (κ3) is 5.49. The molecule has 0 saturated carbocycles. The molecule has 2 N–H and O–H groups in total. The van der Waals surface area contributed by atoms with E-state index < -0.39 is 9.96 Å². The Bertz CT molecular complexity index is 276. The Morgan fingerprint density at radius 3 is 2.33 bits per heavy atom. The number of quaternary nitrogens is 1. The molecule has 1 rings (SSSR count). The van der Waals surface area contributed by atoms with Crippen LogP contribution in [0.4, 0.5) is 0 Å². The van der Waals surface area contributed by atoms with Gasteiger partial charge in [0.25, 0.3) is 3.79 Å². The zero-order valence-corrected chi connectivity index (χ0v) is 12.9. The Balaban J connectivity index is 2.63. The van der Waals surface area contributed by atoms with Gasteiger partial charge in [0.05, 0.1) is 13.2 Å². The van der Waals surface area contributed by atoms with Crippen molar-refractivity contribution in [2.75, 3.05) is 26.3 Å². The number of ether oxygens (including phenoxy) is 1. The number of carbonyl (C=O) groups excluding carboxylic acids is 1. The van der Waals surface area contributed by atoms with Gasteiger partial charge in [0, 0.05) is 6.42 Å². The molecule has 0 aromatic rings. The second-order valence-corrected chi connectivity index (χ2v) is 7.28. The van der Waals surface area contributed by atoms with Gasteiger partial charge < -0.3 is 15.0 Å². The van der Waals surface area contributed by atoms with Crippen LogP contribution >= 0.6 is 34.8 Å². The minimum atomic E-state index is -1.51. The second kappa shape index (κ2) is 7.15. The molecule has 0 radical (unpaired) electrons. The minimum Gasteiger partial charge on any atom is -0.370 e. The molecule has 0 spiro atoms. The molecule has 0 aromatic carbocycles. The van der Waals surface area contributed by atoms with E-state index in [1.54, 1.807) is 0 Å². The highest BCUT2D eigenvalue weighted by Gasteiger charge is 2.42. The number of morpholine rings is 1. The summed E-state index contributed by atoms with van der Waals surface area (Å²) in [4.78, 5) is 12.9. The van der Waals surface area contributed by atoms with Gasteiger partial charge in [-0.05, 0) is 5.92 Å². The number of rotatable bonds is 4.